The van der Waals surface area contributed by atoms with Gasteiger partial charge in [0.1, 0.15) is 0 Å². The van der Waals surface area contributed by atoms with Crippen molar-refractivity contribution in [3.8, 4) is 152 Å². The number of aromatic nitrogens is 9. The average Bonchev–Trinajstić information content (AvgIpc) is 1.51. The normalized spacial score (nSPS) is 14.0. The van der Waals surface area contributed by atoms with Crippen LogP contribution in [0, 0.1) is 0 Å². The third-order valence-corrected chi connectivity index (χ3v) is 32.4. The maximum Gasteiger partial charge on any atom is 0.160 e. The van der Waals surface area contributed by atoms with Gasteiger partial charge in [0.05, 0.1) is 101 Å². The number of benzene rings is 21. The number of nitrogens with zero attached hydrogens (tertiary/aromatic N) is 9. The molecule has 0 fully saturated rings. The van der Waals surface area contributed by atoms with Crippen LogP contribution in [-0.4, -0.2) is 43.6 Å². The van der Waals surface area contributed by atoms with Crippen LogP contribution >= 0.6 is 0 Å². The summed E-state index contributed by atoms with van der Waals surface area (Å²) >= 11 is 0. The molecule has 3 aliphatic carbocycles. The molecular weight excluding hydrogens is 1820 g/mol. The Hall–Kier alpha value is -19.7. The van der Waals surface area contributed by atoms with Crippen molar-refractivity contribution >= 4 is 65.4 Å². The average molecular weight is 1910 g/mol. The molecule has 21 aromatic carbocycles. The third kappa shape index (κ3) is 12.2. The van der Waals surface area contributed by atoms with Gasteiger partial charge < -0.3 is 13.7 Å². The fourth-order valence-electron chi connectivity index (χ4n) is 26.4. The van der Waals surface area contributed by atoms with Crippen LogP contribution in [-0.2, 0) is 16.2 Å². The Morgan fingerprint density at radius 3 is 0.767 bits per heavy atom. The Morgan fingerprint density at radius 2 is 0.380 bits per heavy atom. The van der Waals surface area contributed by atoms with Crippen molar-refractivity contribution in [1.82, 2.24) is 43.6 Å². The van der Waals surface area contributed by atoms with E-state index >= 15 is 0 Å². The molecule has 6 aromatic heterocycles. The van der Waals surface area contributed by atoms with Crippen LogP contribution in [0.2, 0.25) is 0 Å². The molecule has 0 saturated heterocycles. The lowest BCUT2D eigenvalue weighted by Crippen LogP contribution is -2.33. The highest BCUT2D eigenvalue weighted by molar-refractivity contribution is 6.17. The Morgan fingerprint density at radius 1 is 0.133 bits per heavy atom. The smallest absolute Gasteiger partial charge is 0.160 e. The van der Waals surface area contributed by atoms with E-state index in [0.717, 1.165) is 102 Å². The molecule has 0 amide bonds. The van der Waals surface area contributed by atoms with Crippen LogP contribution < -0.4 is 0 Å². The molecule has 150 heavy (non-hydrogen) atoms. The first-order valence-corrected chi connectivity index (χ1v) is 51.5. The van der Waals surface area contributed by atoms with E-state index in [-0.39, 0.29) is 0 Å². The Labute approximate surface area is 865 Å². The Kier molecular flexibility index (Phi) is 18.7. The third-order valence-electron chi connectivity index (χ3n) is 32.4. The molecule has 0 N–H and O–H groups in total. The zero-order valence-corrected chi connectivity index (χ0v) is 81.3. The van der Waals surface area contributed by atoms with Gasteiger partial charge in [0, 0.05) is 82.4 Å². The number of para-hydroxylation sites is 7. The van der Waals surface area contributed by atoms with Crippen LogP contribution in [0.3, 0.4) is 0 Å². The lowest BCUT2D eigenvalue weighted by atomic mass is 9.65. The zero-order valence-electron chi connectivity index (χ0n) is 81.3. The maximum absolute atomic E-state index is 5.26. The second-order valence-corrected chi connectivity index (χ2v) is 40.0. The van der Waals surface area contributed by atoms with Gasteiger partial charge in [0.25, 0.3) is 0 Å². The van der Waals surface area contributed by atoms with Crippen LogP contribution in [0.25, 0.3) is 218 Å². The zero-order chi connectivity index (χ0) is 98.4. The molecule has 6 aliphatic rings. The summed E-state index contributed by atoms with van der Waals surface area (Å²) < 4.78 is 7.48. The largest absolute Gasteiger partial charge is 0.309 e. The minimum absolute atomic E-state index is 0.422. The number of hydrogen-bond donors (Lipinski definition) is 0. The minimum atomic E-state index is -0.526. The van der Waals surface area contributed by atoms with Gasteiger partial charge in [0.15, 0.2) is 17.5 Å². The summed E-state index contributed by atoms with van der Waals surface area (Å²) in [6, 6.07) is 191. The number of fused-ring (bicyclic) bond motifs is 36. The summed E-state index contributed by atoms with van der Waals surface area (Å²) in [5.74, 6) is 2.15. The predicted octanol–water partition coefficient (Wildman–Crippen LogP) is 33.8. The Bertz CT molecular complexity index is 10000. The van der Waals surface area contributed by atoms with Crippen molar-refractivity contribution < 1.29 is 0 Å². The molecule has 3 aliphatic heterocycles. The molecule has 0 radical (unpaired) electrons. The highest BCUT2D eigenvalue weighted by Gasteiger charge is 2.55. The van der Waals surface area contributed by atoms with E-state index in [4.69, 9.17) is 29.9 Å². The van der Waals surface area contributed by atoms with E-state index in [9.17, 15) is 0 Å². The summed E-state index contributed by atoms with van der Waals surface area (Å²) in [4.78, 5) is 31.2. The Balaban J connectivity index is 0.000000101. The topological polar surface area (TPSA) is 92.1 Å². The predicted molar refractivity (Wildman–Crippen MR) is 611 cm³/mol. The molecule has 9 heterocycles. The van der Waals surface area contributed by atoms with E-state index in [1.54, 1.807) is 0 Å². The summed E-state index contributed by atoms with van der Waals surface area (Å²) in [5.41, 5.74) is 47.9. The van der Waals surface area contributed by atoms with Crippen molar-refractivity contribution in [2.45, 2.75) is 16.2 Å². The standard InChI is InChI=1S/3C47H29N3/c1-3-14-30(15-4-1)41-29-42(49-46(48-41)31-16-5-2-6-17-31)32-26-27-44-40(28-32)47(37-22-10-7-18-33(37)34-19-8-11-23-38(34)47)39-24-13-21-36-35-20-9-12-25-43(35)50(44)45(36)39;1-3-14-30(15-4-1)41-29-42(31-16-5-2-6-17-31)49-46(48-41)32-26-27-34-33-18-7-9-21-37(33)47(40(34)28-32)38-22-10-12-25-44(38)50-43-24-11-8-19-35(43)36-20-13-23-39(47)45(36)50;1-3-14-30(15-4-1)41-29-42(31-16-5-2-6-17-31)49-46(48-41)32-26-27-43-36(28-32)35-20-13-24-40-45(35)50(43)44-25-12-11-23-39(44)47(40)37-21-9-7-18-33(37)34-19-8-10-22-38(34)47/h3*1-29H. The van der Waals surface area contributed by atoms with Crippen LogP contribution in [0.4, 0.5) is 0 Å². The molecule has 0 bridgehead atoms. The van der Waals surface area contributed by atoms with Crippen LogP contribution in [0.15, 0.2) is 528 Å². The van der Waals surface area contributed by atoms with Crippen molar-refractivity contribution in [3.63, 3.8) is 0 Å². The van der Waals surface area contributed by atoms with E-state index in [1.807, 2.05) is 48.5 Å². The first-order valence-electron chi connectivity index (χ1n) is 51.5. The highest BCUT2D eigenvalue weighted by Crippen LogP contribution is 2.66. The number of rotatable bonds is 9. The molecule has 27 aromatic rings. The second-order valence-electron chi connectivity index (χ2n) is 40.0. The second kappa shape index (κ2) is 33.2. The van der Waals surface area contributed by atoms with E-state index < -0.39 is 16.2 Å². The van der Waals surface area contributed by atoms with E-state index in [0.29, 0.717) is 0 Å². The van der Waals surface area contributed by atoms with Gasteiger partial charge >= 0.3 is 0 Å². The first kappa shape index (κ1) is 84.7. The fourth-order valence-corrected chi connectivity index (χ4v) is 26.4. The van der Waals surface area contributed by atoms with Gasteiger partial charge in [-0.1, -0.05) is 449 Å². The highest BCUT2D eigenvalue weighted by atomic mass is 15.0. The van der Waals surface area contributed by atoms with Crippen molar-refractivity contribution in [3.05, 3.63) is 595 Å². The molecule has 696 valence electrons. The van der Waals surface area contributed by atoms with Gasteiger partial charge in [-0.3, -0.25) is 0 Å². The summed E-state index contributed by atoms with van der Waals surface area (Å²) in [6.07, 6.45) is 0. The lowest BCUT2D eigenvalue weighted by molar-refractivity contribution is 0.748. The molecule has 1 unspecified atom stereocenters. The van der Waals surface area contributed by atoms with Gasteiger partial charge in [0.2, 0.25) is 0 Å². The molecule has 33 rings (SSSR count). The van der Waals surface area contributed by atoms with Crippen molar-refractivity contribution in [2.75, 3.05) is 0 Å². The molecule has 0 saturated carbocycles. The SMILES string of the molecule is c1ccc(-c2cc(-c3ccc4c(c3)C3(c5ccccc5-c5ccccc53)c3cccc5c6ccccc6n-4c35)nc(-c3ccccc3)n2)cc1.c1ccc(-c2cc(-c3ccccc3)nc(-c3ccc4c(c3)C3(c5ccccc5-4)c4ccccc4-n4c5ccccc5c5cccc3c54)n2)cc1.c1ccc(-c2cc(-c3ccccc3)nc(-c3ccc4c(c3)c3cccc5c3n4-c3ccccc3C53c4ccccc4-c4ccccc43)n2)cc1. The fraction of sp³-hybridized carbons (Fsp3) is 0.0213. The van der Waals surface area contributed by atoms with E-state index in [1.165, 1.54) is 183 Å². The van der Waals surface area contributed by atoms with Crippen LogP contribution in [0.5, 0.6) is 0 Å². The quantitative estimate of drug-likeness (QED) is 0.143. The van der Waals surface area contributed by atoms with Crippen molar-refractivity contribution in [2.24, 2.45) is 0 Å². The molecule has 9 nitrogen and oxygen atoms in total. The van der Waals surface area contributed by atoms with E-state index in [2.05, 4.69) is 493 Å². The maximum atomic E-state index is 5.26. The molecular formula is C141H87N9. The monoisotopic (exact) mass is 1910 g/mol. The van der Waals surface area contributed by atoms with Gasteiger partial charge in [-0.05, 0) is 179 Å². The lowest BCUT2D eigenvalue weighted by Gasteiger charge is -2.39. The summed E-state index contributed by atoms with van der Waals surface area (Å²) in [7, 11) is 0. The molecule has 9 heteroatoms. The molecule has 3 spiro atoms. The summed E-state index contributed by atoms with van der Waals surface area (Å²) in [6.45, 7) is 0. The molecule has 1 atom stereocenters. The first-order chi connectivity index (χ1) is 74.4. The van der Waals surface area contributed by atoms with Gasteiger partial charge in [-0.2, -0.15) is 0 Å². The minimum Gasteiger partial charge on any atom is -0.309 e. The number of hydrogen-bond acceptors (Lipinski definition) is 6. The van der Waals surface area contributed by atoms with Crippen molar-refractivity contribution in [1.29, 1.82) is 0 Å². The summed E-state index contributed by atoms with van der Waals surface area (Å²) in [5, 5.41) is 7.53. The van der Waals surface area contributed by atoms with Gasteiger partial charge in [-0.15, -0.1) is 0 Å². The van der Waals surface area contributed by atoms with Crippen LogP contribution in [0.1, 0.15) is 66.8 Å². The van der Waals surface area contributed by atoms with Gasteiger partial charge in [-0.25, -0.2) is 29.9 Å².